The maximum absolute atomic E-state index is 5.08. The molecule has 0 aliphatic heterocycles. The second kappa shape index (κ2) is 8.28. The molecule has 0 amide bonds. The van der Waals surface area contributed by atoms with Gasteiger partial charge in [0, 0.05) is 39.0 Å². The highest BCUT2D eigenvalue weighted by Gasteiger charge is 2.19. The van der Waals surface area contributed by atoms with Crippen molar-refractivity contribution in [1.82, 2.24) is 5.32 Å². The highest BCUT2D eigenvalue weighted by atomic mass is 16.5. The van der Waals surface area contributed by atoms with Crippen LogP contribution in [-0.2, 0) is 11.3 Å². The number of hydrogen-bond acceptors (Lipinski definition) is 3. The van der Waals surface area contributed by atoms with E-state index in [0.29, 0.717) is 6.04 Å². The number of anilines is 1. The van der Waals surface area contributed by atoms with Gasteiger partial charge in [0.15, 0.2) is 0 Å². The average Bonchev–Trinajstić information content (AvgIpc) is 2.52. The van der Waals surface area contributed by atoms with Gasteiger partial charge in [0.1, 0.15) is 0 Å². The Morgan fingerprint density at radius 2 is 1.95 bits per heavy atom. The minimum absolute atomic E-state index is 0.712. The van der Waals surface area contributed by atoms with Gasteiger partial charge in [-0.3, -0.25) is 0 Å². The van der Waals surface area contributed by atoms with Crippen LogP contribution in [0, 0.1) is 0 Å². The predicted molar refractivity (Wildman–Crippen MR) is 85.3 cm³/mol. The van der Waals surface area contributed by atoms with Crippen molar-refractivity contribution in [2.24, 2.45) is 0 Å². The summed E-state index contributed by atoms with van der Waals surface area (Å²) < 4.78 is 5.08. The van der Waals surface area contributed by atoms with Gasteiger partial charge >= 0.3 is 0 Å². The maximum Gasteiger partial charge on any atom is 0.0587 e. The molecule has 0 aromatic heterocycles. The lowest BCUT2D eigenvalue weighted by Crippen LogP contribution is -2.34. The van der Waals surface area contributed by atoms with Gasteiger partial charge in [-0.2, -0.15) is 0 Å². The molecular weight excluding hydrogens is 248 g/mol. The fraction of sp³-hybridized carbons (Fsp3) is 0.647. The Hall–Kier alpha value is -1.06. The van der Waals surface area contributed by atoms with Gasteiger partial charge in [0.05, 0.1) is 6.61 Å². The van der Waals surface area contributed by atoms with Crippen molar-refractivity contribution >= 4 is 5.69 Å². The molecule has 3 heteroatoms. The van der Waals surface area contributed by atoms with Crippen LogP contribution in [0.1, 0.15) is 37.7 Å². The van der Waals surface area contributed by atoms with E-state index >= 15 is 0 Å². The van der Waals surface area contributed by atoms with Crippen molar-refractivity contribution in [3.63, 3.8) is 0 Å². The summed E-state index contributed by atoms with van der Waals surface area (Å²) in [6.07, 6.45) is 6.83. The Kier molecular flexibility index (Phi) is 6.34. The smallest absolute Gasteiger partial charge is 0.0587 e. The molecule has 1 aliphatic rings. The first kappa shape index (κ1) is 15.3. The Bertz CT molecular complexity index is 388. The first-order valence-electron chi connectivity index (χ1n) is 7.83. The number of rotatable bonds is 7. The van der Waals surface area contributed by atoms with Crippen LogP contribution in [-0.4, -0.2) is 33.4 Å². The van der Waals surface area contributed by atoms with Gasteiger partial charge in [-0.15, -0.1) is 0 Å². The van der Waals surface area contributed by atoms with E-state index < -0.39 is 0 Å². The minimum atomic E-state index is 0.712. The number of benzene rings is 1. The van der Waals surface area contributed by atoms with Gasteiger partial charge in [0.2, 0.25) is 0 Å². The monoisotopic (exact) mass is 276 g/mol. The molecule has 1 aromatic rings. The van der Waals surface area contributed by atoms with Crippen LogP contribution in [0.25, 0.3) is 0 Å². The molecule has 0 bridgehead atoms. The lowest BCUT2D eigenvalue weighted by Gasteiger charge is -2.34. The molecule has 1 saturated carbocycles. The van der Waals surface area contributed by atoms with Crippen molar-refractivity contribution in [2.45, 2.75) is 44.7 Å². The van der Waals surface area contributed by atoms with E-state index in [2.05, 4.69) is 41.5 Å². The summed E-state index contributed by atoms with van der Waals surface area (Å²) in [4.78, 5) is 2.49. The topological polar surface area (TPSA) is 24.5 Å². The molecule has 0 radical (unpaired) electrons. The maximum atomic E-state index is 5.08. The Morgan fingerprint density at radius 1 is 1.20 bits per heavy atom. The first-order valence-corrected chi connectivity index (χ1v) is 7.83. The van der Waals surface area contributed by atoms with Gasteiger partial charge in [-0.1, -0.05) is 37.5 Å². The molecule has 1 fully saturated rings. The van der Waals surface area contributed by atoms with Crippen molar-refractivity contribution in [3.05, 3.63) is 29.8 Å². The van der Waals surface area contributed by atoms with Crippen LogP contribution in [0.15, 0.2) is 24.3 Å². The largest absolute Gasteiger partial charge is 0.383 e. The number of para-hydroxylation sites is 1. The highest BCUT2D eigenvalue weighted by molar-refractivity contribution is 5.53. The van der Waals surface area contributed by atoms with E-state index in [0.717, 1.165) is 19.7 Å². The lowest BCUT2D eigenvalue weighted by molar-refractivity contribution is 0.199. The second-order valence-corrected chi connectivity index (χ2v) is 5.70. The predicted octanol–water partition coefficient (Wildman–Crippen LogP) is 3.19. The highest BCUT2D eigenvalue weighted by Crippen LogP contribution is 2.28. The van der Waals surface area contributed by atoms with Crippen LogP contribution in [0.5, 0.6) is 0 Å². The summed E-state index contributed by atoms with van der Waals surface area (Å²) in [5.41, 5.74) is 2.76. The zero-order valence-corrected chi connectivity index (χ0v) is 12.9. The molecule has 2 rings (SSSR count). The summed E-state index contributed by atoms with van der Waals surface area (Å²) >= 11 is 0. The van der Waals surface area contributed by atoms with E-state index in [-0.39, 0.29) is 0 Å². The first-order chi connectivity index (χ1) is 9.83. The van der Waals surface area contributed by atoms with Crippen molar-refractivity contribution < 1.29 is 4.74 Å². The van der Waals surface area contributed by atoms with Gasteiger partial charge in [-0.25, -0.2) is 0 Å². The molecule has 112 valence electrons. The molecule has 0 spiro atoms. The number of hydrogen-bond donors (Lipinski definition) is 1. The Balaban J connectivity index is 1.98. The average molecular weight is 276 g/mol. The molecule has 0 unspecified atom stereocenters. The lowest BCUT2D eigenvalue weighted by atomic mass is 9.94. The Labute approximate surface area is 123 Å². The molecule has 0 saturated heterocycles. The standard InChI is InChI=1S/C17H28N2O/c1-19(16-9-4-3-5-10-16)17-11-7-6-8-15(17)14-18-12-13-20-2/h6-8,11,16,18H,3-5,9-10,12-14H2,1-2H3. The molecule has 3 nitrogen and oxygen atoms in total. The minimum Gasteiger partial charge on any atom is -0.383 e. The molecule has 0 atom stereocenters. The van der Waals surface area contributed by atoms with Crippen LogP contribution in [0.4, 0.5) is 5.69 Å². The quantitative estimate of drug-likeness (QED) is 0.774. The second-order valence-electron chi connectivity index (χ2n) is 5.70. The van der Waals surface area contributed by atoms with E-state index in [1.54, 1.807) is 7.11 Å². The van der Waals surface area contributed by atoms with Crippen LogP contribution in [0.2, 0.25) is 0 Å². The number of nitrogens with one attached hydrogen (secondary N) is 1. The SMILES string of the molecule is COCCNCc1ccccc1N(C)C1CCCCC1. The van der Waals surface area contributed by atoms with Crippen molar-refractivity contribution in [3.8, 4) is 0 Å². The van der Waals surface area contributed by atoms with Gasteiger partial charge in [0.25, 0.3) is 0 Å². The number of nitrogens with zero attached hydrogens (tertiary/aromatic N) is 1. The van der Waals surface area contributed by atoms with Crippen LogP contribution < -0.4 is 10.2 Å². The molecule has 1 aliphatic carbocycles. The van der Waals surface area contributed by atoms with E-state index in [4.69, 9.17) is 4.74 Å². The summed E-state index contributed by atoms with van der Waals surface area (Å²) in [6.45, 7) is 2.58. The van der Waals surface area contributed by atoms with Crippen molar-refractivity contribution in [1.29, 1.82) is 0 Å². The van der Waals surface area contributed by atoms with Crippen molar-refractivity contribution in [2.75, 3.05) is 32.2 Å². The third-order valence-corrected chi connectivity index (χ3v) is 4.29. The zero-order chi connectivity index (χ0) is 14.2. The number of methoxy groups -OCH3 is 1. The normalized spacial score (nSPS) is 16.3. The third-order valence-electron chi connectivity index (χ3n) is 4.29. The summed E-state index contributed by atoms with van der Waals surface area (Å²) in [5.74, 6) is 0. The molecule has 20 heavy (non-hydrogen) atoms. The van der Waals surface area contributed by atoms with Crippen LogP contribution >= 0.6 is 0 Å². The van der Waals surface area contributed by atoms with Crippen LogP contribution in [0.3, 0.4) is 0 Å². The zero-order valence-electron chi connectivity index (χ0n) is 12.9. The third kappa shape index (κ3) is 4.22. The summed E-state index contributed by atoms with van der Waals surface area (Å²) in [7, 11) is 4.00. The molecular formula is C17H28N2O. The molecule has 0 heterocycles. The van der Waals surface area contributed by atoms with E-state index in [1.807, 2.05) is 0 Å². The van der Waals surface area contributed by atoms with E-state index in [9.17, 15) is 0 Å². The summed E-state index contributed by atoms with van der Waals surface area (Å²) in [5, 5.41) is 3.45. The molecule has 1 N–H and O–H groups in total. The van der Waals surface area contributed by atoms with Gasteiger partial charge in [-0.05, 0) is 24.5 Å². The molecule has 1 aromatic carbocycles. The Morgan fingerprint density at radius 3 is 2.70 bits per heavy atom. The fourth-order valence-electron chi connectivity index (χ4n) is 3.07. The summed E-state index contributed by atoms with van der Waals surface area (Å²) in [6, 6.07) is 9.47. The fourth-order valence-corrected chi connectivity index (χ4v) is 3.07. The number of ether oxygens (including phenoxy) is 1. The van der Waals surface area contributed by atoms with E-state index in [1.165, 1.54) is 43.4 Å². The van der Waals surface area contributed by atoms with Gasteiger partial charge < -0.3 is 15.0 Å².